The van der Waals surface area contributed by atoms with E-state index in [1.807, 2.05) is 11.3 Å². The van der Waals surface area contributed by atoms with Gasteiger partial charge in [0.25, 0.3) is 0 Å². The van der Waals surface area contributed by atoms with Gasteiger partial charge in [0.2, 0.25) is 0 Å². The molecule has 2 heterocycles. The predicted octanol–water partition coefficient (Wildman–Crippen LogP) is 4.08. The van der Waals surface area contributed by atoms with Crippen molar-refractivity contribution in [1.82, 2.24) is 10.6 Å². The average Bonchev–Trinajstić information content (AvgIpc) is 3.52. The zero-order valence-corrected chi connectivity index (χ0v) is 18.3. The molecule has 1 aliphatic heterocycles. The highest BCUT2D eigenvalue weighted by atomic mass is 127. The Bertz CT molecular complexity index is 558. The van der Waals surface area contributed by atoms with Crippen LogP contribution in [-0.4, -0.2) is 38.2 Å². The van der Waals surface area contributed by atoms with Crippen LogP contribution in [-0.2, 0) is 0 Å². The van der Waals surface area contributed by atoms with Gasteiger partial charge in [-0.25, -0.2) is 0 Å². The van der Waals surface area contributed by atoms with Crippen molar-refractivity contribution in [3.8, 4) is 0 Å². The molecule has 0 unspecified atom stereocenters. The number of hydrogen-bond acceptors (Lipinski definition) is 3. The Balaban J connectivity index is 0.00000182. The van der Waals surface area contributed by atoms with Crippen LogP contribution >= 0.6 is 35.3 Å². The summed E-state index contributed by atoms with van der Waals surface area (Å²) in [7, 11) is 0. The number of aliphatic imine (C=N–C) groups is 1. The summed E-state index contributed by atoms with van der Waals surface area (Å²) in [5.74, 6) is 2.03. The van der Waals surface area contributed by atoms with Crippen LogP contribution in [0, 0.1) is 11.3 Å². The molecule has 0 radical (unpaired) electrons. The molecule has 0 amide bonds. The van der Waals surface area contributed by atoms with Gasteiger partial charge in [-0.15, -0.1) is 35.3 Å². The minimum absolute atomic E-state index is 0. The smallest absolute Gasteiger partial charge is 0.191 e. The zero-order chi connectivity index (χ0) is 16.4. The molecule has 2 N–H and O–H groups in total. The highest BCUT2D eigenvalue weighted by molar-refractivity contribution is 14.0. The molecular formula is C19H31IN4S. The van der Waals surface area contributed by atoms with Crippen molar-refractivity contribution in [1.29, 1.82) is 0 Å². The zero-order valence-electron chi connectivity index (χ0n) is 15.2. The Labute approximate surface area is 172 Å². The first-order chi connectivity index (χ1) is 11.8. The van der Waals surface area contributed by atoms with E-state index in [0.717, 1.165) is 38.1 Å². The molecule has 4 rings (SSSR count). The van der Waals surface area contributed by atoms with Gasteiger partial charge in [-0.3, -0.25) is 4.99 Å². The summed E-state index contributed by atoms with van der Waals surface area (Å²) < 4.78 is 0. The van der Waals surface area contributed by atoms with Crippen LogP contribution in [0.5, 0.6) is 0 Å². The number of anilines is 1. The van der Waals surface area contributed by atoms with Crippen LogP contribution < -0.4 is 15.5 Å². The third-order valence-electron chi connectivity index (χ3n) is 5.89. The van der Waals surface area contributed by atoms with Gasteiger partial charge >= 0.3 is 0 Å². The molecule has 3 fully saturated rings. The van der Waals surface area contributed by atoms with E-state index in [-0.39, 0.29) is 24.0 Å². The standard InChI is InChI=1S/C19H30N4S.HI/c1-2-20-18(21-14-19(9-10-19)15-5-6-15)22-16-7-11-23(12-8-16)17-4-3-13-24-17;/h3-4,13,15-16H,2,5-12,14H2,1H3,(H2,20,21,22);1H. The molecule has 0 atom stereocenters. The lowest BCUT2D eigenvalue weighted by molar-refractivity contribution is 0.443. The molecule has 2 saturated carbocycles. The van der Waals surface area contributed by atoms with Gasteiger partial charge in [0.1, 0.15) is 0 Å². The first-order valence-electron chi connectivity index (χ1n) is 9.62. The number of guanidine groups is 1. The fourth-order valence-corrected chi connectivity index (χ4v) is 4.78. The average molecular weight is 474 g/mol. The summed E-state index contributed by atoms with van der Waals surface area (Å²) in [6.45, 7) is 6.41. The van der Waals surface area contributed by atoms with Crippen molar-refractivity contribution in [2.75, 3.05) is 31.1 Å². The number of hydrogen-bond donors (Lipinski definition) is 2. The van der Waals surface area contributed by atoms with E-state index in [1.165, 1.54) is 43.5 Å². The maximum atomic E-state index is 4.95. The second kappa shape index (κ2) is 8.46. The number of rotatable bonds is 6. The predicted molar refractivity (Wildman–Crippen MR) is 118 cm³/mol. The third-order valence-corrected chi connectivity index (χ3v) is 6.81. The summed E-state index contributed by atoms with van der Waals surface area (Å²) >= 11 is 1.85. The highest BCUT2D eigenvalue weighted by Gasteiger charge is 2.53. The van der Waals surface area contributed by atoms with E-state index < -0.39 is 0 Å². The van der Waals surface area contributed by atoms with Crippen LogP contribution in [0.2, 0.25) is 0 Å². The van der Waals surface area contributed by atoms with Gasteiger partial charge < -0.3 is 15.5 Å². The Kier molecular flexibility index (Phi) is 6.52. The lowest BCUT2D eigenvalue weighted by atomic mass is 10.0. The monoisotopic (exact) mass is 474 g/mol. The quantitative estimate of drug-likeness (QED) is 0.371. The van der Waals surface area contributed by atoms with E-state index in [4.69, 9.17) is 4.99 Å². The van der Waals surface area contributed by atoms with Gasteiger partial charge in [0.05, 0.1) is 5.00 Å². The van der Waals surface area contributed by atoms with Gasteiger partial charge in [0, 0.05) is 32.2 Å². The first kappa shape index (κ1) is 19.3. The molecule has 4 nitrogen and oxygen atoms in total. The molecule has 1 aromatic rings. The van der Waals surface area contributed by atoms with Crippen LogP contribution in [0.1, 0.15) is 45.4 Å². The summed E-state index contributed by atoms with van der Waals surface area (Å²) in [6, 6.07) is 4.93. The topological polar surface area (TPSA) is 39.7 Å². The number of nitrogens with zero attached hydrogens (tertiary/aromatic N) is 2. The summed E-state index contributed by atoms with van der Waals surface area (Å²) in [6.07, 6.45) is 8.08. The van der Waals surface area contributed by atoms with E-state index >= 15 is 0 Å². The van der Waals surface area contributed by atoms with E-state index in [1.54, 1.807) is 0 Å². The molecule has 6 heteroatoms. The maximum absolute atomic E-state index is 4.95. The van der Waals surface area contributed by atoms with E-state index in [0.29, 0.717) is 11.5 Å². The molecule has 1 saturated heterocycles. The minimum Gasteiger partial charge on any atom is -0.363 e. The second-order valence-electron chi connectivity index (χ2n) is 7.69. The largest absolute Gasteiger partial charge is 0.363 e. The van der Waals surface area contributed by atoms with Gasteiger partial charge in [-0.2, -0.15) is 0 Å². The molecule has 25 heavy (non-hydrogen) atoms. The molecule has 140 valence electrons. The Hall–Kier alpha value is -0.500. The van der Waals surface area contributed by atoms with Crippen LogP contribution in [0.3, 0.4) is 0 Å². The summed E-state index contributed by atoms with van der Waals surface area (Å²) in [4.78, 5) is 7.47. The third kappa shape index (κ3) is 4.81. The van der Waals surface area contributed by atoms with Gasteiger partial charge in [-0.1, -0.05) is 0 Å². The summed E-state index contributed by atoms with van der Waals surface area (Å²) in [5.41, 5.74) is 0.588. The fourth-order valence-electron chi connectivity index (χ4n) is 4.00. The van der Waals surface area contributed by atoms with Crippen LogP contribution in [0.15, 0.2) is 22.5 Å². The first-order valence-corrected chi connectivity index (χ1v) is 10.5. The van der Waals surface area contributed by atoms with Crippen LogP contribution in [0.25, 0.3) is 0 Å². The number of piperidine rings is 1. The molecule has 0 bridgehead atoms. The second-order valence-corrected chi connectivity index (χ2v) is 8.61. The Morgan fingerprint density at radius 3 is 2.60 bits per heavy atom. The lowest BCUT2D eigenvalue weighted by Gasteiger charge is -2.33. The molecule has 2 aliphatic carbocycles. The highest BCUT2D eigenvalue weighted by Crippen LogP contribution is 2.61. The maximum Gasteiger partial charge on any atom is 0.191 e. The van der Waals surface area contributed by atoms with Crippen molar-refractivity contribution in [2.24, 2.45) is 16.3 Å². The number of halogens is 1. The van der Waals surface area contributed by atoms with Crippen molar-refractivity contribution in [3.05, 3.63) is 17.5 Å². The Morgan fingerprint density at radius 2 is 2.04 bits per heavy atom. The van der Waals surface area contributed by atoms with E-state index in [9.17, 15) is 0 Å². The van der Waals surface area contributed by atoms with Gasteiger partial charge in [0.15, 0.2) is 5.96 Å². The molecule has 1 aromatic heterocycles. The molecule has 0 aromatic carbocycles. The van der Waals surface area contributed by atoms with Crippen molar-refractivity contribution >= 4 is 46.3 Å². The molecule has 0 spiro atoms. The van der Waals surface area contributed by atoms with E-state index in [2.05, 4.69) is 40.0 Å². The number of nitrogens with one attached hydrogen (secondary N) is 2. The SMILES string of the molecule is CCNC(=NCC1(C2CC2)CC1)NC1CCN(c2cccs2)CC1.I. The van der Waals surface area contributed by atoms with Crippen molar-refractivity contribution < 1.29 is 0 Å². The van der Waals surface area contributed by atoms with Crippen LogP contribution in [0.4, 0.5) is 5.00 Å². The fraction of sp³-hybridized carbons (Fsp3) is 0.737. The minimum atomic E-state index is 0. The summed E-state index contributed by atoms with van der Waals surface area (Å²) in [5, 5.41) is 10.7. The van der Waals surface area contributed by atoms with Crippen molar-refractivity contribution in [3.63, 3.8) is 0 Å². The van der Waals surface area contributed by atoms with Gasteiger partial charge in [-0.05, 0) is 74.3 Å². The number of thiophene rings is 1. The molecular weight excluding hydrogens is 443 g/mol. The van der Waals surface area contributed by atoms with Crippen molar-refractivity contribution in [2.45, 2.75) is 51.5 Å². The lowest BCUT2D eigenvalue weighted by Crippen LogP contribution is -2.48. The Morgan fingerprint density at radius 1 is 1.28 bits per heavy atom. The normalized spacial score (nSPS) is 23.1. The molecule has 3 aliphatic rings.